The van der Waals surface area contributed by atoms with Crippen molar-refractivity contribution >= 4 is 21.7 Å². The summed E-state index contributed by atoms with van der Waals surface area (Å²) in [7, 11) is 0. The topological polar surface area (TPSA) is 29.1 Å². The molecule has 1 atom stereocenters. The number of rotatable bonds is 5. The molecule has 0 aromatic heterocycles. The Balaban J connectivity index is 1.96. The fourth-order valence-corrected chi connectivity index (χ4v) is 3.23. The van der Waals surface area contributed by atoms with Gasteiger partial charge in [0.25, 0.3) is 0 Å². The van der Waals surface area contributed by atoms with Gasteiger partial charge in [-0.1, -0.05) is 52.3 Å². The molecular formula is C21H19BrFNO. The molecule has 0 fully saturated rings. The van der Waals surface area contributed by atoms with Crippen LogP contribution in [-0.4, -0.2) is 12.3 Å². The van der Waals surface area contributed by atoms with Crippen LogP contribution in [0.3, 0.4) is 0 Å². The van der Waals surface area contributed by atoms with Gasteiger partial charge in [-0.25, -0.2) is 4.39 Å². The summed E-state index contributed by atoms with van der Waals surface area (Å²) in [6, 6.07) is 12.9. The Hall–Kier alpha value is -2.20. The number of aryl methyl sites for hydroxylation is 1. The van der Waals surface area contributed by atoms with Crippen LogP contribution in [0.5, 0.6) is 0 Å². The van der Waals surface area contributed by atoms with Crippen LogP contribution in [0.25, 0.3) is 0 Å². The third-order valence-corrected chi connectivity index (χ3v) is 4.83. The number of nitrogens with one attached hydrogen (secondary N) is 1. The van der Waals surface area contributed by atoms with E-state index in [0.29, 0.717) is 11.1 Å². The quantitative estimate of drug-likeness (QED) is 0.763. The van der Waals surface area contributed by atoms with E-state index in [4.69, 9.17) is 0 Å². The van der Waals surface area contributed by atoms with Crippen LogP contribution in [0.4, 0.5) is 4.39 Å². The summed E-state index contributed by atoms with van der Waals surface area (Å²) >= 11 is 3.42. The summed E-state index contributed by atoms with van der Waals surface area (Å²) in [4.78, 5) is 12.7. The SMILES string of the molecule is Cc1ccc(C(CC(=O)C2=CNCC=C2)c2ccc(Br)cc2)c(F)c1. The molecule has 1 heterocycles. The van der Waals surface area contributed by atoms with Crippen molar-refractivity contribution < 1.29 is 9.18 Å². The second-order valence-electron chi connectivity index (χ2n) is 6.17. The van der Waals surface area contributed by atoms with Gasteiger partial charge in [0, 0.05) is 35.1 Å². The van der Waals surface area contributed by atoms with E-state index in [1.165, 1.54) is 6.07 Å². The van der Waals surface area contributed by atoms with Crippen molar-refractivity contribution in [1.29, 1.82) is 0 Å². The maximum atomic E-state index is 14.6. The molecule has 4 heteroatoms. The summed E-state index contributed by atoms with van der Waals surface area (Å²) in [5.41, 5.74) is 2.97. The largest absolute Gasteiger partial charge is 0.387 e. The third kappa shape index (κ3) is 4.26. The van der Waals surface area contributed by atoms with Gasteiger partial charge in [-0.2, -0.15) is 0 Å². The lowest BCUT2D eigenvalue weighted by Gasteiger charge is -2.19. The standard InChI is InChI=1S/C21H19BrFNO/c1-14-4-9-18(20(23)11-14)19(15-5-7-17(22)8-6-15)12-21(25)16-3-2-10-24-13-16/h2-9,11,13,19,24H,10,12H2,1H3. The number of hydrogen-bond donors (Lipinski definition) is 1. The summed E-state index contributed by atoms with van der Waals surface area (Å²) in [6.45, 7) is 2.58. The molecule has 25 heavy (non-hydrogen) atoms. The normalized spacial score (nSPS) is 14.6. The number of hydrogen-bond acceptors (Lipinski definition) is 2. The van der Waals surface area contributed by atoms with E-state index in [-0.39, 0.29) is 23.9 Å². The summed E-state index contributed by atoms with van der Waals surface area (Å²) < 4.78 is 15.5. The highest BCUT2D eigenvalue weighted by Gasteiger charge is 2.23. The molecule has 1 unspecified atom stereocenters. The number of benzene rings is 2. The van der Waals surface area contributed by atoms with Gasteiger partial charge < -0.3 is 5.32 Å². The Morgan fingerprint density at radius 1 is 1.24 bits per heavy atom. The first-order valence-corrected chi connectivity index (χ1v) is 8.98. The van der Waals surface area contributed by atoms with E-state index in [1.807, 2.05) is 49.4 Å². The molecule has 0 saturated carbocycles. The number of allylic oxidation sites excluding steroid dienone is 2. The number of dihydropyridines is 1. The number of carbonyl (C=O) groups excluding carboxylic acids is 1. The Labute approximate surface area is 155 Å². The van der Waals surface area contributed by atoms with E-state index in [1.54, 1.807) is 12.3 Å². The second kappa shape index (κ2) is 7.79. The molecule has 0 spiro atoms. The zero-order chi connectivity index (χ0) is 17.8. The predicted octanol–water partition coefficient (Wildman–Crippen LogP) is 5.03. The fraction of sp³-hybridized carbons (Fsp3) is 0.190. The molecule has 0 radical (unpaired) electrons. The first kappa shape index (κ1) is 17.6. The lowest BCUT2D eigenvalue weighted by molar-refractivity contribution is -0.115. The van der Waals surface area contributed by atoms with Crippen LogP contribution in [-0.2, 0) is 4.79 Å². The molecule has 2 aromatic rings. The van der Waals surface area contributed by atoms with Crippen LogP contribution < -0.4 is 5.32 Å². The highest BCUT2D eigenvalue weighted by molar-refractivity contribution is 9.10. The van der Waals surface area contributed by atoms with E-state index in [0.717, 1.165) is 22.1 Å². The van der Waals surface area contributed by atoms with Crippen LogP contribution >= 0.6 is 15.9 Å². The van der Waals surface area contributed by atoms with Gasteiger partial charge in [-0.15, -0.1) is 0 Å². The smallest absolute Gasteiger partial charge is 0.165 e. The first-order valence-electron chi connectivity index (χ1n) is 8.19. The molecule has 0 aliphatic carbocycles. The Morgan fingerprint density at radius 2 is 2.00 bits per heavy atom. The van der Waals surface area contributed by atoms with Crippen LogP contribution in [0.15, 0.2) is 70.9 Å². The van der Waals surface area contributed by atoms with E-state index in [9.17, 15) is 9.18 Å². The van der Waals surface area contributed by atoms with Crippen LogP contribution in [0.1, 0.15) is 29.0 Å². The van der Waals surface area contributed by atoms with E-state index < -0.39 is 0 Å². The van der Waals surface area contributed by atoms with Gasteiger partial charge >= 0.3 is 0 Å². The minimum absolute atomic E-state index is 0.00339. The van der Waals surface area contributed by atoms with Crippen molar-refractivity contribution in [3.63, 3.8) is 0 Å². The lowest BCUT2D eigenvalue weighted by atomic mass is 9.85. The van der Waals surface area contributed by atoms with Crippen molar-refractivity contribution in [2.45, 2.75) is 19.3 Å². The van der Waals surface area contributed by atoms with Gasteiger partial charge in [0.1, 0.15) is 5.82 Å². The number of Topliss-reactive ketones (excluding diaryl/α,β-unsaturated/α-hetero) is 1. The molecule has 1 N–H and O–H groups in total. The van der Waals surface area contributed by atoms with Gasteiger partial charge in [-0.3, -0.25) is 4.79 Å². The van der Waals surface area contributed by atoms with Gasteiger partial charge in [0.05, 0.1) is 0 Å². The second-order valence-corrected chi connectivity index (χ2v) is 7.08. The molecule has 3 rings (SSSR count). The Kier molecular flexibility index (Phi) is 5.49. The first-order chi connectivity index (χ1) is 12.0. The number of ketones is 1. The maximum absolute atomic E-state index is 14.6. The minimum atomic E-state index is -0.322. The van der Waals surface area contributed by atoms with E-state index >= 15 is 0 Å². The van der Waals surface area contributed by atoms with Crippen molar-refractivity contribution in [2.24, 2.45) is 0 Å². The lowest BCUT2D eigenvalue weighted by Crippen LogP contribution is -2.16. The van der Waals surface area contributed by atoms with E-state index in [2.05, 4.69) is 21.2 Å². The number of halogens is 2. The van der Waals surface area contributed by atoms with Crippen LogP contribution in [0.2, 0.25) is 0 Å². The van der Waals surface area contributed by atoms with Crippen LogP contribution in [0, 0.1) is 12.7 Å². The predicted molar refractivity (Wildman–Crippen MR) is 102 cm³/mol. The zero-order valence-electron chi connectivity index (χ0n) is 13.9. The van der Waals surface area contributed by atoms with Gasteiger partial charge in [0.2, 0.25) is 0 Å². The average Bonchev–Trinajstić information content (AvgIpc) is 2.62. The molecule has 1 aliphatic rings. The average molecular weight is 400 g/mol. The molecule has 0 bridgehead atoms. The molecule has 0 amide bonds. The summed E-state index contributed by atoms with van der Waals surface area (Å²) in [6.07, 6.45) is 5.68. The fourth-order valence-electron chi connectivity index (χ4n) is 2.96. The molecule has 128 valence electrons. The van der Waals surface area contributed by atoms with Gasteiger partial charge in [-0.05, 0) is 41.8 Å². The van der Waals surface area contributed by atoms with Crippen molar-refractivity contribution in [3.05, 3.63) is 93.4 Å². The van der Waals surface area contributed by atoms with Crippen molar-refractivity contribution in [1.82, 2.24) is 5.32 Å². The highest BCUT2D eigenvalue weighted by Crippen LogP contribution is 2.32. The van der Waals surface area contributed by atoms with Gasteiger partial charge in [0.15, 0.2) is 5.78 Å². The van der Waals surface area contributed by atoms with Crippen molar-refractivity contribution in [3.8, 4) is 0 Å². The zero-order valence-corrected chi connectivity index (χ0v) is 15.5. The maximum Gasteiger partial charge on any atom is 0.165 e. The minimum Gasteiger partial charge on any atom is -0.387 e. The third-order valence-electron chi connectivity index (χ3n) is 4.31. The molecule has 2 aromatic carbocycles. The Bertz CT molecular complexity index is 839. The number of carbonyl (C=O) groups is 1. The molecule has 0 saturated heterocycles. The highest BCUT2D eigenvalue weighted by atomic mass is 79.9. The molecule has 1 aliphatic heterocycles. The molecular weight excluding hydrogens is 381 g/mol. The molecule has 2 nitrogen and oxygen atoms in total. The monoisotopic (exact) mass is 399 g/mol. The Morgan fingerprint density at radius 3 is 2.64 bits per heavy atom. The summed E-state index contributed by atoms with van der Waals surface area (Å²) in [5, 5.41) is 3.04. The van der Waals surface area contributed by atoms with Crippen molar-refractivity contribution in [2.75, 3.05) is 6.54 Å². The summed E-state index contributed by atoms with van der Waals surface area (Å²) in [5.74, 6) is -0.597.